The Morgan fingerprint density at radius 2 is 1.93 bits per heavy atom. The molecule has 1 aromatic carbocycles. The van der Waals surface area contributed by atoms with Gasteiger partial charge in [0.05, 0.1) is 11.6 Å². The van der Waals surface area contributed by atoms with Gasteiger partial charge in [-0.3, -0.25) is 9.48 Å². The van der Waals surface area contributed by atoms with Crippen LogP contribution in [0.5, 0.6) is 0 Å². The first-order chi connectivity index (χ1) is 13.2. The fraction of sp³-hybridized carbons (Fsp3) is 0.444. The lowest BCUT2D eigenvalue weighted by atomic mass is 9.78. The van der Waals surface area contributed by atoms with Crippen LogP contribution in [-0.2, 0) is 23.3 Å². The van der Waals surface area contributed by atoms with Crippen molar-refractivity contribution < 1.29 is 4.79 Å². The lowest BCUT2D eigenvalue weighted by Crippen LogP contribution is -2.26. The van der Waals surface area contributed by atoms with Gasteiger partial charge in [-0.2, -0.15) is 4.80 Å². The molecular weight excluding hydrogens is 344 g/mol. The largest absolute Gasteiger partial charge is 0.306 e. The van der Waals surface area contributed by atoms with Crippen molar-refractivity contribution >= 4 is 11.7 Å². The molecule has 1 fully saturated rings. The molecule has 1 aliphatic carbocycles. The fourth-order valence-electron chi connectivity index (χ4n) is 3.70. The second-order valence-corrected chi connectivity index (χ2v) is 6.81. The number of aromatic nitrogens is 7. The lowest BCUT2D eigenvalue weighted by Gasteiger charge is -2.25. The van der Waals surface area contributed by atoms with Gasteiger partial charge in [-0.25, -0.2) is 0 Å². The van der Waals surface area contributed by atoms with Crippen LogP contribution in [0.25, 0.3) is 0 Å². The minimum absolute atomic E-state index is 0.0170. The summed E-state index contributed by atoms with van der Waals surface area (Å²) in [6.07, 6.45) is 5.94. The number of nitrogens with one attached hydrogen (secondary N) is 1. The summed E-state index contributed by atoms with van der Waals surface area (Å²) < 4.78 is 1.64. The first-order valence-electron chi connectivity index (χ1n) is 9.23. The van der Waals surface area contributed by atoms with Gasteiger partial charge in [0.2, 0.25) is 5.91 Å². The van der Waals surface area contributed by atoms with E-state index in [0.717, 1.165) is 25.7 Å². The van der Waals surface area contributed by atoms with Crippen molar-refractivity contribution in [3.05, 3.63) is 47.9 Å². The van der Waals surface area contributed by atoms with Gasteiger partial charge in [0, 0.05) is 6.54 Å². The summed E-state index contributed by atoms with van der Waals surface area (Å²) in [4.78, 5) is 13.6. The molecule has 0 atom stereocenters. The SMILES string of the molecule is CCn1cc(NC(=O)Cn2nnc(C3(c4ccccc4)CCCC3)n2)nn1. The van der Waals surface area contributed by atoms with Gasteiger partial charge in [0.15, 0.2) is 11.6 Å². The zero-order valence-electron chi connectivity index (χ0n) is 15.2. The van der Waals surface area contributed by atoms with Crippen LogP contribution in [0, 0.1) is 0 Å². The Kier molecular flexibility index (Phi) is 4.66. The number of hydrogen-bond donors (Lipinski definition) is 1. The molecule has 0 bridgehead atoms. The number of hydrogen-bond acceptors (Lipinski definition) is 6. The standard InChI is InChI=1S/C18H22N8O/c1-2-25-12-15(20-23-25)19-16(27)13-26-22-17(21-24-26)18(10-6-7-11-18)14-8-4-3-5-9-14/h3-5,8-9,12H,2,6-7,10-11,13H2,1H3,(H,19,27). The Balaban J connectivity index is 1.50. The molecule has 2 aromatic heterocycles. The van der Waals surface area contributed by atoms with Gasteiger partial charge in [0.25, 0.3) is 0 Å². The van der Waals surface area contributed by atoms with Crippen LogP contribution >= 0.6 is 0 Å². The van der Waals surface area contributed by atoms with E-state index in [4.69, 9.17) is 0 Å². The Bertz CT molecular complexity index is 910. The smallest absolute Gasteiger partial charge is 0.249 e. The summed E-state index contributed by atoms with van der Waals surface area (Å²) in [5, 5.41) is 23.4. The van der Waals surface area contributed by atoms with Crippen LogP contribution in [0.3, 0.4) is 0 Å². The molecular formula is C18H22N8O. The quantitative estimate of drug-likeness (QED) is 0.713. The maximum atomic E-state index is 12.2. The molecule has 0 aliphatic heterocycles. The second kappa shape index (κ2) is 7.26. The minimum Gasteiger partial charge on any atom is -0.306 e. The van der Waals surface area contributed by atoms with E-state index < -0.39 is 0 Å². The molecule has 4 rings (SSSR count). The van der Waals surface area contributed by atoms with E-state index in [1.807, 2.05) is 25.1 Å². The Morgan fingerprint density at radius 1 is 1.15 bits per heavy atom. The Hall–Kier alpha value is -3.10. The van der Waals surface area contributed by atoms with Gasteiger partial charge >= 0.3 is 0 Å². The first kappa shape index (κ1) is 17.3. The Morgan fingerprint density at radius 3 is 2.63 bits per heavy atom. The van der Waals surface area contributed by atoms with Crippen molar-refractivity contribution in [1.82, 2.24) is 35.2 Å². The van der Waals surface area contributed by atoms with Crippen LogP contribution < -0.4 is 5.32 Å². The summed E-state index contributed by atoms with van der Waals surface area (Å²) in [5.41, 5.74) is 1.00. The van der Waals surface area contributed by atoms with Crippen molar-refractivity contribution in [2.45, 2.75) is 51.1 Å². The third-order valence-electron chi connectivity index (χ3n) is 5.08. The van der Waals surface area contributed by atoms with E-state index in [9.17, 15) is 4.79 Å². The predicted molar refractivity (Wildman–Crippen MR) is 97.8 cm³/mol. The highest BCUT2D eigenvalue weighted by Crippen LogP contribution is 2.44. The third-order valence-corrected chi connectivity index (χ3v) is 5.08. The van der Waals surface area contributed by atoms with Crippen molar-refractivity contribution in [1.29, 1.82) is 0 Å². The highest BCUT2D eigenvalue weighted by molar-refractivity contribution is 5.89. The summed E-state index contributed by atoms with van der Waals surface area (Å²) in [5.74, 6) is 0.844. The minimum atomic E-state index is -0.262. The van der Waals surface area contributed by atoms with Gasteiger partial charge in [0.1, 0.15) is 6.54 Å². The molecule has 2 heterocycles. The van der Waals surface area contributed by atoms with E-state index in [0.29, 0.717) is 18.2 Å². The molecule has 3 aromatic rings. The Labute approximate surface area is 156 Å². The normalized spacial score (nSPS) is 15.7. The van der Waals surface area contributed by atoms with E-state index in [1.54, 1.807) is 10.9 Å². The van der Waals surface area contributed by atoms with Gasteiger partial charge in [-0.15, -0.1) is 15.3 Å². The van der Waals surface area contributed by atoms with Gasteiger partial charge < -0.3 is 5.32 Å². The molecule has 0 saturated heterocycles. The maximum absolute atomic E-state index is 12.2. The molecule has 1 saturated carbocycles. The van der Waals surface area contributed by atoms with Gasteiger partial charge in [-0.1, -0.05) is 48.4 Å². The zero-order valence-corrected chi connectivity index (χ0v) is 15.2. The van der Waals surface area contributed by atoms with Crippen molar-refractivity contribution in [2.24, 2.45) is 0 Å². The summed E-state index contributed by atoms with van der Waals surface area (Å²) in [6.45, 7) is 2.63. The molecule has 140 valence electrons. The molecule has 9 nitrogen and oxygen atoms in total. The molecule has 9 heteroatoms. The van der Waals surface area contributed by atoms with E-state index in [-0.39, 0.29) is 17.9 Å². The molecule has 0 spiro atoms. The van der Waals surface area contributed by atoms with E-state index in [2.05, 4.69) is 43.2 Å². The molecule has 1 amide bonds. The molecule has 0 unspecified atom stereocenters. The van der Waals surface area contributed by atoms with Crippen LogP contribution in [0.1, 0.15) is 44.0 Å². The van der Waals surface area contributed by atoms with Crippen LogP contribution in [-0.4, -0.2) is 41.1 Å². The molecule has 0 radical (unpaired) electrons. The van der Waals surface area contributed by atoms with E-state index in [1.165, 1.54) is 10.4 Å². The van der Waals surface area contributed by atoms with Crippen LogP contribution in [0.15, 0.2) is 36.5 Å². The zero-order chi connectivity index (χ0) is 18.7. The number of rotatable bonds is 6. The number of benzene rings is 1. The number of carbonyl (C=O) groups excluding carboxylic acids is 1. The predicted octanol–water partition coefficient (Wildman–Crippen LogP) is 1.78. The van der Waals surface area contributed by atoms with Crippen molar-refractivity contribution in [3.8, 4) is 0 Å². The highest BCUT2D eigenvalue weighted by Gasteiger charge is 2.41. The number of amides is 1. The number of carbonyl (C=O) groups is 1. The molecule has 1 aliphatic rings. The lowest BCUT2D eigenvalue weighted by molar-refractivity contribution is -0.117. The van der Waals surface area contributed by atoms with E-state index >= 15 is 0 Å². The summed E-state index contributed by atoms with van der Waals surface area (Å²) in [6, 6.07) is 10.3. The monoisotopic (exact) mass is 366 g/mol. The number of tetrazole rings is 1. The molecule has 1 N–H and O–H groups in total. The second-order valence-electron chi connectivity index (χ2n) is 6.81. The third kappa shape index (κ3) is 3.44. The maximum Gasteiger partial charge on any atom is 0.249 e. The average molecular weight is 366 g/mol. The average Bonchev–Trinajstić information content (AvgIpc) is 3.43. The topological polar surface area (TPSA) is 103 Å². The summed E-state index contributed by atoms with van der Waals surface area (Å²) >= 11 is 0. The van der Waals surface area contributed by atoms with Crippen LogP contribution in [0.4, 0.5) is 5.82 Å². The van der Waals surface area contributed by atoms with Crippen molar-refractivity contribution in [3.63, 3.8) is 0 Å². The summed E-state index contributed by atoms with van der Waals surface area (Å²) in [7, 11) is 0. The first-order valence-corrected chi connectivity index (χ1v) is 9.23. The fourth-order valence-corrected chi connectivity index (χ4v) is 3.70. The number of anilines is 1. The van der Waals surface area contributed by atoms with Gasteiger partial charge in [-0.05, 0) is 30.5 Å². The number of aryl methyl sites for hydroxylation is 1. The highest BCUT2D eigenvalue weighted by atomic mass is 16.2. The molecule has 27 heavy (non-hydrogen) atoms. The number of nitrogens with zero attached hydrogens (tertiary/aromatic N) is 7. The van der Waals surface area contributed by atoms with Crippen LogP contribution in [0.2, 0.25) is 0 Å². The van der Waals surface area contributed by atoms with Crippen molar-refractivity contribution in [2.75, 3.05) is 5.32 Å².